The highest BCUT2D eigenvalue weighted by Gasteiger charge is 2.37. The molecule has 4 aromatic rings. The second kappa shape index (κ2) is 16.3. The van der Waals surface area contributed by atoms with Crippen LogP contribution in [0.25, 0.3) is 0 Å². The van der Waals surface area contributed by atoms with E-state index in [1.54, 1.807) is 6.08 Å². The van der Waals surface area contributed by atoms with E-state index in [-0.39, 0.29) is 13.2 Å². The molecule has 0 aliphatic heterocycles. The van der Waals surface area contributed by atoms with Crippen molar-refractivity contribution in [1.82, 2.24) is 0 Å². The highest BCUT2D eigenvalue weighted by molar-refractivity contribution is 5.57. The summed E-state index contributed by atoms with van der Waals surface area (Å²) < 4.78 is 25.4. The van der Waals surface area contributed by atoms with Gasteiger partial charge in [-0.1, -0.05) is 127 Å². The highest BCUT2D eigenvalue weighted by atomic mass is 16.6. The van der Waals surface area contributed by atoms with Crippen LogP contribution in [-0.4, -0.2) is 30.7 Å². The fraction of sp³-hybridized carbons (Fsp3) is 0.229. The molecule has 0 spiro atoms. The molecule has 4 aromatic carbocycles. The molecule has 5 nitrogen and oxygen atoms in total. The van der Waals surface area contributed by atoms with Crippen LogP contribution in [0, 0.1) is 0 Å². The smallest absolute Gasteiger partial charge is 0.151 e. The topological polar surface area (TPSA) is 54.0 Å². The lowest BCUT2D eigenvalue weighted by molar-refractivity contribution is -0.180. The van der Waals surface area contributed by atoms with Gasteiger partial charge < -0.3 is 23.7 Å². The van der Waals surface area contributed by atoms with Crippen LogP contribution in [-0.2, 0) is 50.2 Å². The van der Waals surface area contributed by atoms with Crippen molar-refractivity contribution in [3.05, 3.63) is 156 Å². The molecule has 0 radical (unpaired) electrons. The second-order valence-corrected chi connectivity index (χ2v) is 9.42. The number of aldehydes is 1. The molecule has 206 valence electrons. The number of hydrogen-bond acceptors (Lipinski definition) is 5. The molecule has 0 amide bonds. The van der Waals surface area contributed by atoms with E-state index in [2.05, 4.69) is 6.58 Å². The van der Waals surface area contributed by atoms with Gasteiger partial charge in [0.05, 0.1) is 26.4 Å². The van der Waals surface area contributed by atoms with E-state index >= 15 is 0 Å². The number of carbonyl (C=O) groups is 1. The summed E-state index contributed by atoms with van der Waals surface area (Å²) in [7, 11) is 0. The van der Waals surface area contributed by atoms with Crippen molar-refractivity contribution in [3.63, 3.8) is 0 Å². The summed E-state index contributed by atoms with van der Waals surface area (Å²) in [5.74, 6) is 0. The first kappa shape index (κ1) is 29.1. The van der Waals surface area contributed by atoms with Gasteiger partial charge in [-0.05, 0) is 22.3 Å². The lowest BCUT2D eigenvalue weighted by Gasteiger charge is -2.35. The van der Waals surface area contributed by atoms with Crippen LogP contribution < -0.4 is 0 Å². The Kier molecular flexibility index (Phi) is 11.9. The lowest BCUT2D eigenvalue weighted by atomic mass is 10.0. The average molecular weight is 537 g/mol. The minimum atomic E-state index is -0.910. The molecule has 0 aromatic heterocycles. The van der Waals surface area contributed by atoms with Crippen LogP contribution >= 0.6 is 0 Å². The minimum Gasteiger partial charge on any atom is -0.368 e. The van der Waals surface area contributed by atoms with Crippen LogP contribution in [0.2, 0.25) is 0 Å². The molecule has 0 saturated carbocycles. The van der Waals surface area contributed by atoms with Gasteiger partial charge in [-0.25, -0.2) is 0 Å². The number of hydrogen-bond donors (Lipinski definition) is 0. The highest BCUT2D eigenvalue weighted by Crippen LogP contribution is 2.23. The van der Waals surface area contributed by atoms with Crippen molar-refractivity contribution in [2.45, 2.75) is 50.8 Å². The Bertz CT molecular complexity index is 1150. The predicted molar refractivity (Wildman–Crippen MR) is 156 cm³/mol. The molecule has 0 aliphatic carbocycles. The van der Waals surface area contributed by atoms with E-state index in [9.17, 15) is 4.79 Å². The first-order valence-corrected chi connectivity index (χ1v) is 13.5. The normalized spacial score (nSPS) is 14.1. The van der Waals surface area contributed by atoms with E-state index in [0.717, 1.165) is 28.5 Å². The fourth-order valence-electron chi connectivity index (χ4n) is 4.33. The van der Waals surface area contributed by atoms with E-state index in [4.69, 9.17) is 18.9 Å². The Balaban J connectivity index is 1.60. The lowest BCUT2D eigenvalue weighted by Crippen LogP contribution is -2.49. The van der Waals surface area contributed by atoms with Crippen LogP contribution in [0.15, 0.2) is 134 Å². The Labute approximate surface area is 237 Å². The van der Waals surface area contributed by atoms with Gasteiger partial charge in [0.2, 0.25) is 0 Å². The maximum absolute atomic E-state index is 12.5. The summed E-state index contributed by atoms with van der Waals surface area (Å²) in [6.07, 6.45) is -0.453. The average Bonchev–Trinajstić information content (AvgIpc) is 3.02. The molecule has 4 atom stereocenters. The molecule has 0 aliphatic rings. The Morgan fingerprint density at radius 2 is 0.775 bits per heavy atom. The van der Waals surface area contributed by atoms with Crippen LogP contribution in [0.4, 0.5) is 0 Å². The number of rotatable bonds is 17. The maximum Gasteiger partial charge on any atom is 0.151 e. The maximum atomic E-state index is 12.5. The van der Waals surface area contributed by atoms with Crippen LogP contribution in [0.1, 0.15) is 22.3 Å². The summed E-state index contributed by atoms with van der Waals surface area (Å²) in [6, 6.07) is 39.3. The van der Waals surface area contributed by atoms with Gasteiger partial charge in [-0.3, -0.25) is 0 Å². The van der Waals surface area contributed by atoms with Crippen molar-refractivity contribution >= 4 is 6.29 Å². The van der Waals surface area contributed by atoms with E-state index in [1.165, 1.54) is 0 Å². The molecule has 5 heteroatoms. The van der Waals surface area contributed by atoms with E-state index < -0.39 is 24.4 Å². The first-order chi connectivity index (χ1) is 19.8. The van der Waals surface area contributed by atoms with Crippen molar-refractivity contribution < 1.29 is 23.7 Å². The van der Waals surface area contributed by atoms with Gasteiger partial charge in [0.15, 0.2) is 6.29 Å². The third kappa shape index (κ3) is 9.11. The molecule has 0 N–H and O–H groups in total. The Morgan fingerprint density at radius 3 is 1.10 bits per heavy atom. The molecule has 0 fully saturated rings. The summed E-state index contributed by atoms with van der Waals surface area (Å²) in [5.41, 5.74) is 3.94. The quantitative estimate of drug-likeness (QED) is 0.111. The summed E-state index contributed by atoms with van der Waals surface area (Å²) in [5, 5.41) is 0. The van der Waals surface area contributed by atoms with Gasteiger partial charge in [0.1, 0.15) is 24.4 Å². The molecular weight excluding hydrogens is 500 g/mol. The van der Waals surface area contributed by atoms with E-state index in [0.29, 0.717) is 13.2 Å². The summed E-state index contributed by atoms with van der Waals surface area (Å²) >= 11 is 0. The van der Waals surface area contributed by atoms with Crippen molar-refractivity contribution in [2.24, 2.45) is 0 Å². The van der Waals surface area contributed by atoms with Crippen molar-refractivity contribution in [2.75, 3.05) is 0 Å². The van der Waals surface area contributed by atoms with E-state index in [1.807, 2.05) is 121 Å². The zero-order chi connectivity index (χ0) is 27.8. The van der Waals surface area contributed by atoms with Crippen LogP contribution in [0.5, 0.6) is 0 Å². The van der Waals surface area contributed by atoms with Gasteiger partial charge >= 0.3 is 0 Å². The molecule has 0 bridgehead atoms. The first-order valence-electron chi connectivity index (χ1n) is 13.5. The van der Waals surface area contributed by atoms with Gasteiger partial charge in [0, 0.05) is 0 Å². The number of ether oxygens (including phenoxy) is 4. The standard InChI is InChI=1S/C35H36O5/c1-2-32(37-24-28-15-7-3-8-16-28)34(39-26-30-19-11-5-12-20-30)35(40-27-31-21-13-6-14-22-31)33(23-36)38-25-29-17-9-4-10-18-29/h2-23,32-35H,1,24-27H2/t32-,33-,34+,35+/m1/s1. The zero-order valence-electron chi connectivity index (χ0n) is 22.6. The van der Waals surface area contributed by atoms with Gasteiger partial charge in [0.25, 0.3) is 0 Å². The third-order valence-electron chi connectivity index (χ3n) is 6.48. The largest absolute Gasteiger partial charge is 0.368 e. The number of carbonyl (C=O) groups excluding carboxylic acids is 1. The fourth-order valence-corrected chi connectivity index (χ4v) is 4.33. The molecule has 0 saturated heterocycles. The van der Waals surface area contributed by atoms with Crippen molar-refractivity contribution in [1.29, 1.82) is 0 Å². The Morgan fingerprint density at radius 1 is 0.475 bits per heavy atom. The molecule has 4 rings (SSSR count). The summed E-state index contributed by atoms with van der Waals surface area (Å²) in [6.45, 7) is 5.23. The molecule has 0 unspecified atom stereocenters. The monoisotopic (exact) mass is 536 g/mol. The molecule has 40 heavy (non-hydrogen) atoms. The second-order valence-electron chi connectivity index (χ2n) is 9.42. The molecular formula is C35H36O5. The summed E-state index contributed by atoms with van der Waals surface area (Å²) in [4.78, 5) is 12.5. The Hall–Kier alpha value is -3.87. The third-order valence-corrected chi connectivity index (χ3v) is 6.48. The minimum absolute atomic E-state index is 0.254. The zero-order valence-corrected chi connectivity index (χ0v) is 22.6. The van der Waals surface area contributed by atoms with Crippen molar-refractivity contribution in [3.8, 4) is 0 Å². The number of benzene rings is 4. The van der Waals surface area contributed by atoms with Crippen LogP contribution in [0.3, 0.4) is 0 Å². The molecule has 0 heterocycles. The van der Waals surface area contributed by atoms with Gasteiger partial charge in [-0.15, -0.1) is 6.58 Å². The van der Waals surface area contributed by atoms with Gasteiger partial charge in [-0.2, -0.15) is 0 Å². The predicted octanol–water partition coefficient (Wildman–Crippen LogP) is 6.71. The SMILES string of the molecule is C=C[C@@H](OCc1ccccc1)[C@H](OCc1ccccc1)[C@@H](OCc1ccccc1)[C@@H](C=O)OCc1ccccc1.